The van der Waals surface area contributed by atoms with Crippen molar-refractivity contribution in [2.24, 2.45) is 4.99 Å². The molecule has 0 heterocycles. The molecule has 3 rings (SSSR count). The highest BCUT2D eigenvalue weighted by molar-refractivity contribution is 6.31. The second-order valence-electron chi connectivity index (χ2n) is 6.03. The fourth-order valence-electron chi connectivity index (χ4n) is 2.44. The van der Waals surface area contributed by atoms with Gasteiger partial charge in [0.1, 0.15) is 5.75 Å². The maximum Gasteiger partial charge on any atom is 0.318 e. The van der Waals surface area contributed by atoms with Crippen LogP contribution in [0.1, 0.15) is 11.1 Å². The van der Waals surface area contributed by atoms with Gasteiger partial charge < -0.3 is 4.74 Å². The van der Waals surface area contributed by atoms with Crippen LogP contribution < -0.4 is 4.74 Å². The molecule has 0 aliphatic carbocycles. The number of aryl methyl sites for hydroxylation is 1. The van der Waals surface area contributed by atoms with E-state index in [1.165, 1.54) is 6.07 Å². The third-order valence-corrected chi connectivity index (χ3v) is 4.36. The van der Waals surface area contributed by atoms with Gasteiger partial charge in [0.15, 0.2) is 0 Å². The third kappa shape index (κ3) is 4.94. The van der Waals surface area contributed by atoms with Crippen LogP contribution in [-0.4, -0.2) is 16.1 Å². The minimum Gasteiger partial charge on any atom is -0.450 e. The van der Waals surface area contributed by atoms with Crippen LogP contribution in [0.15, 0.2) is 65.7 Å². The number of nitrogens with zero attached hydrogens (tertiary/aromatic N) is 3. The van der Waals surface area contributed by atoms with Crippen molar-refractivity contribution in [1.82, 2.24) is 0 Å². The Morgan fingerprint density at radius 3 is 2.48 bits per heavy atom. The molecule has 0 radical (unpaired) electrons. The van der Waals surface area contributed by atoms with E-state index in [4.69, 9.17) is 16.3 Å². The highest BCUT2D eigenvalue weighted by Gasteiger charge is 2.21. The average Bonchev–Trinajstić information content (AvgIpc) is 2.69. The maximum absolute atomic E-state index is 11.2. The van der Waals surface area contributed by atoms with Crippen LogP contribution in [-0.2, 0) is 0 Å². The molecule has 0 saturated heterocycles. The van der Waals surface area contributed by atoms with E-state index < -0.39 is 15.5 Å². The highest BCUT2D eigenvalue weighted by atomic mass is 35.5. The van der Waals surface area contributed by atoms with Gasteiger partial charge in [-0.25, -0.2) is 0 Å². The van der Waals surface area contributed by atoms with E-state index in [1.54, 1.807) is 36.5 Å². The average molecular weight is 412 g/mol. The lowest BCUT2D eigenvalue weighted by Crippen LogP contribution is -1.96. The molecular weight excluding hydrogens is 398 g/mol. The van der Waals surface area contributed by atoms with Crippen molar-refractivity contribution >= 4 is 34.9 Å². The molecule has 3 aromatic carbocycles. The topological polar surface area (TPSA) is 108 Å². The number of nitro benzene ring substituents is 2. The molecular formula is C20H14ClN3O5. The molecule has 29 heavy (non-hydrogen) atoms. The molecule has 0 saturated carbocycles. The summed E-state index contributed by atoms with van der Waals surface area (Å²) in [6.07, 6.45) is 1.61. The van der Waals surface area contributed by atoms with Crippen molar-refractivity contribution < 1.29 is 14.6 Å². The first-order chi connectivity index (χ1) is 13.8. The summed E-state index contributed by atoms with van der Waals surface area (Å²) < 4.78 is 5.59. The number of rotatable bonds is 6. The number of aliphatic imine (C=N–C) groups is 1. The number of hydrogen-bond acceptors (Lipinski definition) is 6. The zero-order valence-electron chi connectivity index (χ0n) is 15.1. The Labute approximate surface area is 170 Å². The van der Waals surface area contributed by atoms with Gasteiger partial charge in [0.25, 0.3) is 5.69 Å². The smallest absolute Gasteiger partial charge is 0.318 e. The van der Waals surface area contributed by atoms with Crippen molar-refractivity contribution in [2.45, 2.75) is 6.92 Å². The number of hydrogen-bond donors (Lipinski definition) is 0. The van der Waals surface area contributed by atoms with E-state index in [-0.39, 0.29) is 11.4 Å². The number of benzene rings is 3. The highest BCUT2D eigenvalue weighted by Crippen LogP contribution is 2.34. The summed E-state index contributed by atoms with van der Waals surface area (Å²) >= 11 is 6.09. The van der Waals surface area contributed by atoms with Gasteiger partial charge in [-0.2, -0.15) is 0 Å². The van der Waals surface area contributed by atoms with Crippen LogP contribution in [0.2, 0.25) is 5.02 Å². The van der Waals surface area contributed by atoms with Crippen LogP contribution in [0.5, 0.6) is 11.5 Å². The van der Waals surface area contributed by atoms with Crippen molar-refractivity contribution in [2.75, 3.05) is 0 Å². The first-order valence-corrected chi connectivity index (χ1v) is 8.72. The van der Waals surface area contributed by atoms with Gasteiger partial charge in [-0.05, 0) is 48.4 Å². The van der Waals surface area contributed by atoms with E-state index in [0.29, 0.717) is 22.0 Å². The van der Waals surface area contributed by atoms with E-state index in [9.17, 15) is 20.2 Å². The van der Waals surface area contributed by atoms with Gasteiger partial charge in [-0.1, -0.05) is 29.8 Å². The molecule has 0 spiro atoms. The minimum absolute atomic E-state index is 0.0972. The van der Waals surface area contributed by atoms with Crippen LogP contribution >= 0.6 is 11.6 Å². The SMILES string of the molecule is Cc1ccc(N=Cc2cccc(Oc3ccc([N+](=O)[O-])cc3[N+](=O)[O-])c2)cc1Cl. The van der Waals surface area contributed by atoms with Crippen molar-refractivity contribution in [3.8, 4) is 11.5 Å². The summed E-state index contributed by atoms with van der Waals surface area (Å²) in [5, 5.41) is 22.7. The van der Waals surface area contributed by atoms with Gasteiger partial charge in [0.05, 0.1) is 21.6 Å². The largest absolute Gasteiger partial charge is 0.450 e. The lowest BCUT2D eigenvalue weighted by molar-refractivity contribution is -0.394. The zero-order chi connectivity index (χ0) is 21.0. The molecule has 0 aromatic heterocycles. The molecule has 0 aliphatic heterocycles. The quantitative estimate of drug-likeness (QED) is 0.280. The Kier molecular flexibility index (Phi) is 5.85. The fourth-order valence-corrected chi connectivity index (χ4v) is 2.62. The van der Waals surface area contributed by atoms with Gasteiger partial charge in [-0.15, -0.1) is 0 Å². The van der Waals surface area contributed by atoms with Crippen LogP contribution in [0.3, 0.4) is 0 Å². The first-order valence-electron chi connectivity index (χ1n) is 8.34. The monoisotopic (exact) mass is 411 g/mol. The molecule has 0 fully saturated rings. The van der Waals surface area contributed by atoms with Crippen LogP contribution in [0.25, 0.3) is 0 Å². The standard InChI is InChI=1S/C20H14ClN3O5/c1-13-5-6-15(10-18(13)21)22-12-14-3-2-4-17(9-14)29-20-8-7-16(23(25)26)11-19(20)24(27)28/h2-12H,1H3. The number of non-ortho nitro benzene ring substituents is 1. The molecule has 0 bridgehead atoms. The summed E-state index contributed by atoms with van der Waals surface area (Å²) in [5.41, 5.74) is 1.45. The second-order valence-corrected chi connectivity index (χ2v) is 6.44. The molecule has 0 unspecified atom stereocenters. The molecule has 3 aromatic rings. The Balaban J connectivity index is 1.85. The van der Waals surface area contributed by atoms with Crippen molar-refractivity contribution in [1.29, 1.82) is 0 Å². The summed E-state index contributed by atoms with van der Waals surface area (Å²) in [6.45, 7) is 1.90. The van der Waals surface area contributed by atoms with E-state index >= 15 is 0 Å². The lowest BCUT2D eigenvalue weighted by atomic mass is 10.2. The second kappa shape index (κ2) is 8.49. The zero-order valence-corrected chi connectivity index (χ0v) is 15.9. The minimum atomic E-state index is -0.727. The molecule has 0 N–H and O–H groups in total. The Morgan fingerprint density at radius 1 is 1.00 bits per heavy atom. The van der Waals surface area contributed by atoms with Crippen molar-refractivity contribution in [3.63, 3.8) is 0 Å². The lowest BCUT2D eigenvalue weighted by Gasteiger charge is -2.07. The molecule has 146 valence electrons. The Bertz CT molecular complexity index is 1130. The molecule has 8 nitrogen and oxygen atoms in total. The van der Waals surface area contributed by atoms with Crippen molar-refractivity contribution in [3.05, 3.63) is 97.0 Å². The predicted molar refractivity (Wildman–Crippen MR) is 110 cm³/mol. The van der Waals surface area contributed by atoms with E-state index in [0.717, 1.165) is 17.7 Å². The summed E-state index contributed by atoms with van der Waals surface area (Å²) in [7, 11) is 0. The van der Waals surface area contributed by atoms with E-state index in [1.807, 2.05) is 19.1 Å². The third-order valence-electron chi connectivity index (χ3n) is 3.95. The summed E-state index contributed by atoms with van der Waals surface area (Å²) in [4.78, 5) is 25.0. The van der Waals surface area contributed by atoms with Crippen LogP contribution in [0.4, 0.5) is 17.1 Å². The van der Waals surface area contributed by atoms with Gasteiger partial charge in [0, 0.05) is 17.3 Å². The predicted octanol–water partition coefficient (Wildman–Crippen LogP) is 6.01. The van der Waals surface area contributed by atoms with Gasteiger partial charge in [0.2, 0.25) is 5.75 Å². The number of ether oxygens (including phenoxy) is 1. The molecule has 0 aliphatic rings. The normalized spacial score (nSPS) is 10.8. The molecule has 9 heteroatoms. The van der Waals surface area contributed by atoms with Gasteiger partial charge in [-0.3, -0.25) is 25.2 Å². The number of nitro groups is 2. The summed E-state index contributed by atoms with van der Waals surface area (Å²) in [5.74, 6) is 0.229. The molecule has 0 amide bonds. The Morgan fingerprint density at radius 2 is 1.79 bits per heavy atom. The Hall–Kier alpha value is -3.78. The fraction of sp³-hybridized carbons (Fsp3) is 0.0500. The summed E-state index contributed by atoms with van der Waals surface area (Å²) in [6, 6.07) is 15.4. The maximum atomic E-state index is 11.2. The van der Waals surface area contributed by atoms with E-state index in [2.05, 4.69) is 4.99 Å². The van der Waals surface area contributed by atoms with Gasteiger partial charge >= 0.3 is 5.69 Å². The van der Waals surface area contributed by atoms with Crippen LogP contribution in [0, 0.1) is 27.2 Å². The molecule has 0 atom stereocenters. The first kappa shape index (κ1) is 20.0. The number of halogens is 1.